The van der Waals surface area contributed by atoms with Crippen LogP contribution in [0.1, 0.15) is 63.9 Å². The summed E-state index contributed by atoms with van der Waals surface area (Å²) < 4.78 is 26.5. The number of likely N-dealkylation sites (tertiary alicyclic amines) is 1. The van der Waals surface area contributed by atoms with Crippen LogP contribution in [-0.2, 0) is 28.2 Å². The predicted octanol–water partition coefficient (Wildman–Crippen LogP) is 4.33. The number of carbonyl (C=O) groups is 1. The first kappa shape index (κ1) is 22.4. The van der Waals surface area contributed by atoms with E-state index in [1.165, 1.54) is 0 Å². The van der Waals surface area contributed by atoms with Crippen molar-refractivity contribution in [3.05, 3.63) is 35.8 Å². The fourth-order valence-corrected chi connectivity index (χ4v) is 7.18. The van der Waals surface area contributed by atoms with E-state index in [1.807, 2.05) is 25.1 Å². The summed E-state index contributed by atoms with van der Waals surface area (Å²) in [5.74, 6) is 2.88. The van der Waals surface area contributed by atoms with Crippen molar-refractivity contribution in [3.63, 3.8) is 0 Å². The van der Waals surface area contributed by atoms with Crippen molar-refractivity contribution in [1.82, 2.24) is 14.5 Å². The maximum absolute atomic E-state index is 12.5. The zero-order chi connectivity index (χ0) is 23.4. The lowest BCUT2D eigenvalue weighted by molar-refractivity contribution is -0.0102. The van der Waals surface area contributed by atoms with Gasteiger partial charge in [-0.05, 0) is 45.7 Å². The van der Waals surface area contributed by atoms with Crippen molar-refractivity contribution in [1.29, 1.82) is 0 Å². The average molecular weight is 472 g/mol. The normalized spacial score (nSPS) is 25.2. The molecule has 0 saturated carbocycles. The standard InChI is InChI=1S/C25H33N3O4S/c1-5-31-23(29)28-13-11-25(12-14-28)21-20(18-8-6-7-9-19(18)32-25)26-22(27(21)4)17-10-15-33(30)24(2,3)16-17/h6-9,17H,5,10-16H2,1-4H3/t17-,33+/m1/s1. The van der Waals surface area contributed by atoms with Crippen LogP contribution in [0.15, 0.2) is 24.3 Å². The first-order valence-corrected chi connectivity index (χ1v) is 13.2. The summed E-state index contributed by atoms with van der Waals surface area (Å²) in [4.78, 5) is 19.3. The number of aromatic nitrogens is 2. The topological polar surface area (TPSA) is 73.7 Å². The zero-order valence-corrected chi connectivity index (χ0v) is 20.7. The molecule has 1 spiro atoms. The van der Waals surface area contributed by atoms with Gasteiger partial charge in [-0.25, -0.2) is 9.78 Å². The summed E-state index contributed by atoms with van der Waals surface area (Å²) in [5, 5.41) is 0. The van der Waals surface area contributed by atoms with Crippen molar-refractivity contribution in [2.75, 3.05) is 25.4 Å². The van der Waals surface area contributed by atoms with Gasteiger partial charge in [0.05, 0.1) is 18.0 Å². The number of hydrogen-bond acceptors (Lipinski definition) is 5. The Kier molecular flexibility index (Phi) is 5.54. The monoisotopic (exact) mass is 471 g/mol. The summed E-state index contributed by atoms with van der Waals surface area (Å²) in [7, 11) is 1.28. The van der Waals surface area contributed by atoms with E-state index in [4.69, 9.17) is 14.5 Å². The summed E-state index contributed by atoms with van der Waals surface area (Å²) in [6, 6.07) is 8.10. The van der Waals surface area contributed by atoms with E-state index in [0.717, 1.165) is 41.4 Å². The molecule has 4 heterocycles. The molecule has 2 fully saturated rings. The van der Waals surface area contributed by atoms with Gasteiger partial charge in [-0.3, -0.25) is 4.21 Å². The van der Waals surface area contributed by atoms with Crippen LogP contribution < -0.4 is 4.74 Å². The number of hydrogen-bond donors (Lipinski definition) is 0. The van der Waals surface area contributed by atoms with Gasteiger partial charge < -0.3 is 18.9 Å². The Morgan fingerprint density at radius 2 is 2.00 bits per heavy atom. The Balaban J connectivity index is 1.55. The fraction of sp³-hybridized carbons (Fsp3) is 0.600. The third-order valence-corrected chi connectivity index (χ3v) is 9.48. The molecule has 8 heteroatoms. The Bertz CT molecular complexity index is 1100. The number of para-hydroxylation sites is 1. The van der Waals surface area contributed by atoms with Gasteiger partial charge in [0.2, 0.25) is 0 Å². The molecule has 2 atom stereocenters. The van der Waals surface area contributed by atoms with Crippen LogP contribution in [0.5, 0.6) is 5.75 Å². The highest BCUT2D eigenvalue weighted by atomic mass is 32.2. The van der Waals surface area contributed by atoms with Crippen LogP contribution in [0.3, 0.4) is 0 Å². The van der Waals surface area contributed by atoms with Crippen molar-refractivity contribution < 1.29 is 18.5 Å². The van der Waals surface area contributed by atoms with Crippen molar-refractivity contribution in [2.24, 2.45) is 7.05 Å². The van der Waals surface area contributed by atoms with Gasteiger partial charge in [-0.15, -0.1) is 0 Å². The van der Waals surface area contributed by atoms with Crippen LogP contribution in [0.2, 0.25) is 0 Å². The van der Waals surface area contributed by atoms with Crippen LogP contribution in [0, 0.1) is 0 Å². The van der Waals surface area contributed by atoms with E-state index >= 15 is 0 Å². The third-order valence-electron chi connectivity index (χ3n) is 7.48. The second-order valence-corrected chi connectivity index (χ2v) is 12.2. The summed E-state index contributed by atoms with van der Waals surface area (Å²) in [5.41, 5.74) is 2.58. The molecule has 0 bridgehead atoms. The minimum atomic E-state index is -0.810. The van der Waals surface area contributed by atoms with Crippen LogP contribution >= 0.6 is 0 Å². The van der Waals surface area contributed by atoms with Gasteiger partial charge in [-0.1, -0.05) is 12.1 Å². The lowest BCUT2D eigenvalue weighted by Gasteiger charge is -2.44. The smallest absolute Gasteiger partial charge is 0.409 e. The van der Waals surface area contributed by atoms with E-state index in [0.29, 0.717) is 38.3 Å². The van der Waals surface area contributed by atoms with Gasteiger partial charge in [0, 0.05) is 65.8 Å². The Labute approximate surface area is 197 Å². The number of rotatable bonds is 2. The molecule has 2 aromatic rings. The number of nitrogens with zero attached hydrogens (tertiary/aromatic N) is 3. The molecule has 3 aliphatic heterocycles. The lowest BCUT2D eigenvalue weighted by atomic mass is 9.83. The summed E-state index contributed by atoms with van der Waals surface area (Å²) in [6.07, 6.45) is 2.85. The van der Waals surface area contributed by atoms with Crippen molar-refractivity contribution in [2.45, 2.75) is 62.7 Å². The van der Waals surface area contributed by atoms with Crippen LogP contribution in [0.4, 0.5) is 4.79 Å². The molecule has 5 rings (SSSR count). The fourth-order valence-electron chi connectivity index (χ4n) is 5.74. The maximum atomic E-state index is 12.5. The molecular weight excluding hydrogens is 438 g/mol. The number of benzene rings is 1. The summed E-state index contributed by atoms with van der Waals surface area (Å²) in [6.45, 7) is 7.57. The molecule has 7 nitrogen and oxygen atoms in total. The van der Waals surface area contributed by atoms with Crippen molar-refractivity contribution in [3.8, 4) is 17.0 Å². The Hall–Kier alpha value is -2.35. The van der Waals surface area contributed by atoms with E-state index in [2.05, 4.69) is 31.5 Å². The van der Waals surface area contributed by atoms with Gasteiger partial charge in [0.15, 0.2) is 5.60 Å². The first-order chi connectivity index (χ1) is 15.8. The number of piperidine rings is 1. The highest BCUT2D eigenvalue weighted by Crippen LogP contribution is 2.50. The molecule has 1 amide bonds. The second kappa shape index (κ2) is 8.15. The van der Waals surface area contributed by atoms with E-state index in [1.54, 1.807) is 4.90 Å². The van der Waals surface area contributed by atoms with Crippen molar-refractivity contribution >= 4 is 16.9 Å². The van der Waals surface area contributed by atoms with Crippen LogP contribution in [0.25, 0.3) is 11.3 Å². The zero-order valence-electron chi connectivity index (χ0n) is 19.9. The summed E-state index contributed by atoms with van der Waals surface area (Å²) >= 11 is 0. The SMILES string of the molecule is CCOC(=O)N1CCC2(CC1)Oc1ccccc1-c1nc([C@@H]3CC[S@](=O)C(C)(C)C3)n(C)c12. The molecule has 2 saturated heterocycles. The quantitative estimate of drug-likeness (QED) is 0.652. The number of carbonyl (C=O) groups excluding carboxylic acids is 1. The highest BCUT2D eigenvalue weighted by Gasteiger charge is 2.48. The third kappa shape index (κ3) is 3.66. The molecule has 178 valence electrons. The molecular formula is C25H33N3O4S. The lowest BCUT2D eigenvalue weighted by Crippen LogP contribution is -2.50. The molecule has 1 aromatic carbocycles. The second-order valence-electron chi connectivity index (χ2n) is 10.0. The first-order valence-electron chi connectivity index (χ1n) is 11.9. The molecule has 33 heavy (non-hydrogen) atoms. The van der Waals surface area contributed by atoms with Gasteiger partial charge >= 0.3 is 6.09 Å². The molecule has 3 aliphatic rings. The molecule has 0 N–H and O–H groups in total. The maximum Gasteiger partial charge on any atom is 0.409 e. The van der Waals surface area contributed by atoms with E-state index < -0.39 is 16.4 Å². The Morgan fingerprint density at radius 3 is 2.70 bits per heavy atom. The highest BCUT2D eigenvalue weighted by molar-refractivity contribution is 7.86. The number of fused-ring (bicyclic) bond motifs is 4. The Morgan fingerprint density at radius 1 is 1.27 bits per heavy atom. The van der Waals surface area contributed by atoms with E-state index in [9.17, 15) is 9.00 Å². The van der Waals surface area contributed by atoms with E-state index in [-0.39, 0.29) is 16.8 Å². The van der Waals surface area contributed by atoms with Gasteiger partial charge in [-0.2, -0.15) is 0 Å². The predicted molar refractivity (Wildman–Crippen MR) is 128 cm³/mol. The van der Waals surface area contributed by atoms with Gasteiger partial charge in [0.1, 0.15) is 11.6 Å². The average Bonchev–Trinajstić information content (AvgIpc) is 3.15. The van der Waals surface area contributed by atoms with Gasteiger partial charge in [0.25, 0.3) is 0 Å². The largest absolute Gasteiger partial charge is 0.480 e. The number of imidazole rings is 1. The molecule has 0 radical (unpaired) electrons. The minimum absolute atomic E-state index is 0.216. The molecule has 1 aromatic heterocycles. The molecule has 0 unspecified atom stereocenters. The molecule has 0 aliphatic carbocycles. The minimum Gasteiger partial charge on any atom is -0.480 e. The number of ether oxygens (including phenoxy) is 2. The number of amides is 1. The van der Waals surface area contributed by atoms with Crippen LogP contribution in [-0.4, -0.2) is 54.9 Å².